The van der Waals surface area contributed by atoms with Crippen LogP contribution in [-0.4, -0.2) is 69.6 Å². The molecule has 1 N–H and O–H groups in total. The van der Waals surface area contributed by atoms with Gasteiger partial charge in [-0.25, -0.2) is 0 Å². The van der Waals surface area contributed by atoms with E-state index in [0.717, 1.165) is 18.7 Å². The van der Waals surface area contributed by atoms with Crippen molar-refractivity contribution in [3.8, 4) is 11.4 Å². The zero-order chi connectivity index (χ0) is 22.2. The predicted molar refractivity (Wildman–Crippen MR) is 121 cm³/mol. The minimum atomic E-state index is -0.148. The zero-order valence-electron chi connectivity index (χ0n) is 17.9. The minimum Gasteiger partial charge on any atom is -0.368 e. The summed E-state index contributed by atoms with van der Waals surface area (Å²) in [7, 11) is 0. The highest BCUT2D eigenvalue weighted by molar-refractivity contribution is 5.84. The summed E-state index contributed by atoms with van der Waals surface area (Å²) < 4.78 is 0. The van der Waals surface area contributed by atoms with Crippen LogP contribution < -0.4 is 10.2 Å². The van der Waals surface area contributed by atoms with Crippen LogP contribution in [0.2, 0.25) is 0 Å². The Morgan fingerprint density at radius 1 is 0.906 bits per heavy atom. The SMILES string of the molecule is O=C(CCCn1nnc(-c2ccccc2)n1)NCC(=O)N1CCN(c2ccccc2)CC1. The van der Waals surface area contributed by atoms with Crippen molar-refractivity contribution in [1.29, 1.82) is 0 Å². The van der Waals surface area contributed by atoms with Gasteiger partial charge >= 0.3 is 0 Å². The molecule has 0 bridgehead atoms. The van der Waals surface area contributed by atoms with Gasteiger partial charge in [-0.2, -0.15) is 4.80 Å². The summed E-state index contributed by atoms with van der Waals surface area (Å²) in [5, 5.41) is 15.1. The molecule has 32 heavy (non-hydrogen) atoms. The van der Waals surface area contributed by atoms with Crippen LogP contribution >= 0.6 is 0 Å². The summed E-state index contributed by atoms with van der Waals surface area (Å²) in [4.78, 5) is 30.1. The number of hydrogen-bond donors (Lipinski definition) is 1. The summed E-state index contributed by atoms with van der Waals surface area (Å²) in [6.45, 7) is 3.42. The number of aromatic nitrogens is 4. The first-order chi connectivity index (χ1) is 15.7. The number of nitrogens with one attached hydrogen (secondary N) is 1. The minimum absolute atomic E-state index is 0.0316. The fraction of sp³-hybridized carbons (Fsp3) is 0.348. The molecule has 0 unspecified atom stereocenters. The number of carbonyl (C=O) groups is 2. The first kappa shape index (κ1) is 21.5. The number of para-hydroxylation sites is 1. The molecule has 9 heteroatoms. The van der Waals surface area contributed by atoms with Gasteiger partial charge in [-0.05, 0) is 23.8 Å². The third-order valence-electron chi connectivity index (χ3n) is 5.44. The lowest BCUT2D eigenvalue weighted by molar-refractivity contribution is -0.133. The number of tetrazole rings is 1. The zero-order valence-corrected chi connectivity index (χ0v) is 17.9. The Morgan fingerprint density at radius 3 is 2.31 bits per heavy atom. The third kappa shape index (κ3) is 5.69. The Balaban J connectivity index is 1.13. The fourth-order valence-corrected chi connectivity index (χ4v) is 3.65. The van der Waals surface area contributed by atoms with Crippen LogP contribution in [0.15, 0.2) is 60.7 Å². The lowest BCUT2D eigenvalue weighted by Gasteiger charge is -2.36. The van der Waals surface area contributed by atoms with Gasteiger partial charge in [-0.3, -0.25) is 9.59 Å². The predicted octanol–water partition coefficient (Wildman–Crippen LogP) is 1.59. The molecule has 2 amide bonds. The number of hydrogen-bond acceptors (Lipinski definition) is 6. The second-order valence-corrected chi connectivity index (χ2v) is 7.66. The Bertz CT molecular complexity index is 1020. The Hall–Kier alpha value is -3.75. The first-order valence-electron chi connectivity index (χ1n) is 10.9. The van der Waals surface area contributed by atoms with E-state index in [4.69, 9.17) is 0 Å². The number of benzene rings is 2. The highest BCUT2D eigenvalue weighted by atomic mass is 16.2. The summed E-state index contributed by atoms with van der Waals surface area (Å²) in [6, 6.07) is 19.8. The summed E-state index contributed by atoms with van der Waals surface area (Å²) in [6.07, 6.45) is 0.873. The van der Waals surface area contributed by atoms with Crippen LogP contribution in [0.1, 0.15) is 12.8 Å². The molecule has 2 aromatic carbocycles. The molecular formula is C23H27N7O2. The smallest absolute Gasteiger partial charge is 0.242 e. The van der Waals surface area contributed by atoms with Crippen LogP contribution in [0.25, 0.3) is 11.4 Å². The van der Waals surface area contributed by atoms with Crippen molar-refractivity contribution in [3.63, 3.8) is 0 Å². The van der Waals surface area contributed by atoms with Gasteiger partial charge in [0.25, 0.3) is 0 Å². The largest absolute Gasteiger partial charge is 0.368 e. The molecule has 3 aromatic rings. The van der Waals surface area contributed by atoms with E-state index in [1.165, 1.54) is 10.5 Å². The number of aryl methyl sites for hydroxylation is 1. The molecule has 1 aliphatic rings. The van der Waals surface area contributed by atoms with Crippen LogP contribution in [0.3, 0.4) is 0 Å². The second-order valence-electron chi connectivity index (χ2n) is 7.66. The van der Waals surface area contributed by atoms with Crippen molar-refractivity contribution in [1.82, 2.24) is 30.4 Å². The lowest BCUT2D eigenvalue weighted by Crippen LogP contribution is -2.51. The van der Waals surface area contributed by atoms with E-state index in [0.29, 0.717) is 38.3 Å². The van der Waals surface area contributed by atoms with E-state index in [-0.39, 0.29) is 18.4 Å². The molecule has 166 valence electrons. The highest BCUT2D eigenvalue weighted by Crippen LogP contribution is 2.15. The molecule has 1 aromatic heterocycles. The average molecular weight is 434 g/mol. The molecule has 0 aliphatic carbocycles. The van der Waals surface area contributed by atoms with Gasteiger partial charge in [0.2, 0.25) is 17.6 Å². The third-order valence-corrected chi connectivity index (χ3v) is 5.44. The topological polar surface area (TPSA) is 96.2 Å². The molecular weight excluding hydrogens is 406 g/mol. The van der Waals surface area contributed by atoms with Crippen LogP contribution in [0.4, 0.5) is 5.69 Å². The first-order valence-corrected chi connectivity index (χ1v) is 10.9. The summed E-state index contributed by atoms with van der Waals surface area (Å²) in [5.74, 6) is 0.370. The molecule has 2 heterocycles. The van der Waals surface area contributed by atoms with Crippen LogP contribution in [-0.2, 0) is 16.1 Å². The molecule has 9 nitrogen and oxygen atoms in total. The van der Waals surface area contributed by atoms with Gasteiger partial charge in [0.15, 0.2) is 0 Å². The van der Waals surface area contributed by atoms with Gasteiger partial charge in [0.05, 0.1) is 13.1 Å². The Kier molecular flexibility index (Phi) is 7.06. The standard InChI is InChI=1S/C23H27N7O2/c31-21(12-7-13-30-26-23(25-27-30)19-8-3-1-4-9-19)24-18-22(32)29-16-14-28(15-17-29)20-10-5-2-6-11-20/h1-6,8-11H,7,12-18H2,(H,24,31). The normalized spacial score (nSPS) is 13.8. The molecule has 1 aliphatic heterocycles. The lowest BCUT2D eigenvalue weighted by atomic mass is 10.2. The van der Waals surface area contributed by atoms with Gasteiger partial charge in [-0.15, -0.1) is 10.2 Å². The van der Waals surface area contributed by atoms with Gasteiger partial charge in [-0.1, -0.05) is 48.5 Å². The van der Waals surface area contributed by atoms with Crippen molar-refractivity contribution in [2.75, 3.05) is 37.6 Å². The number of nitrogens with zero attached hydrogens (tertiary/aromatic N) is 6. The van der Waals surface area contributed by atoms with E-state index >= 15 is 0 Å². The van der Waals surface area contributed by atoms with Crippen molar-refractivity contribution >= 4 is 17.5 Å². The van der Waals surface area contributed by atoms with Gasteiger partial charge < -0.3 is 15.1 Å². The van der Waals surface area contributed by atoms with Crippen molar-refractivity contribution in [2.45, 2.75) is 19.4 Å². The molecule has 0 radical (unpaired) electrons. The second kappa shape index (κ2) is 10.5. The number of rotatable bonds is 8. The Labute approximate surface area is 187 Å². The average Bonchev–Trinajstić information content (AvgIpc) is 3.33. The van der Waals surface area contributed by atoms with E-state index in [9.17, 15) is 9.59 Å². The maximum atomic E-state index is 12.4. The number of amides is 2. The Morgan fingerprint density at radius 2 is 1.59 bits per heavy atom. The van der Waals surface area contributed by atoms with E-state index in [1.54, 1.807) is 0 Å². The molecule has 0 saturated carbocycles. The van der Waals surface area contributed by atoms with Crippen molar-refractivity contribution in [3.05, 3.63) is 60.7 Å². The van der Waals surface area contributed by atoms with Crippen molar-refractivity contribution in [2.24, 2.45) is 0 Å². The van der Waals surface area contributed by atoms with E-state index < -0.39 is 0 Å². The molecule has 0 atom stereocenters. The van der Waals surface area contributed by atoms with Gasteiger partial charge in [0.1, 0.15) is 0 Å². The van der Waals surface area contributed by atoms with Crippen molar-refractivity contribution < 1.29 is 9.59 Å². The van der Waals surface area contributed by atoms with Crippen LogP contribution in [0.5, 0.6) is 0 Å². The van der Waals surface area contributed by atoms with E-state index in [1.807, 2.05) is 53.4 Å². The number of piperazine rings is 1. The molecule has 1 saturated heterocycles. The summed E-state index contributed by atoms with van der Waals surface area (Å²) >= 11 is 0. The maximum Gasteiger partial charge on any atom is 0.242 e. The van der Waals surface area contributed by atoms with E-state index in [2.05, 4.69) is 37.8 Å². The number of anilines is 1. The summed E-state index contributed by atoms with van der Waals surface area (Å²) in [5.41, 5.74) is 2.07. The van der Waals surface area contributed by atoms with Crippen LogP contribution in [0, 0.1) is 0 Å². The number of carbonyl (C=O) groups excluding carboxylic acids is 2. The maximum absolute atomic E-state index is 12.4. The van der Waals surface area contributed by atoms with Gasteiger partial charge in [0, 0.05) is 43.9 Å². The monoisotopic (exact) mass is 433 g/mol. The highest BCUT2D eigenvalue weighted by Gasteiger charge is 2.21. The molecule has 0 spiro atoms. The molecule has 4 rings (SSSR count). The molecule has 1 fully saturated rings. The quantitative estimate of drug-likeness (QED) is 0.580. The fourth-order valence-electron chi connectivity index (χ4n) is 3.65.